The van der Waals surface area contributed by atoms with Crippen molar-refractivity contribution in [2.75, 3.05) is 32.1 Å². The van der Waals surface area contributed by atoms with Crippen LogP contribution in [0.2, 0.25) is 0 Å². The first-order valence-corrected chi connectivity index (χ1v) is 6.79. The molecule has 0 fully saturated rings. The van der Waals surface area contributed by atoms with E-state index in [9.17, 15) is 19.4 Å². The average Bonchev–Trinajstić information content (AvgIpc) is 2.42. The molecule has 0 saturated heterocycles. The molecule has 20 heavy (non-hydrogen) atoms. The lowest BCUT2D eigenvalue weighted by molar-refractivity contribution is 0.0509. The Kier molecular flexibility index (Phi) is 5.91. The number of hydrogen-bond donors (Lipinski definition) is 3. The molecule has 1 aromatic rings. The predicted octanol–water partition coefficient (Wildman–Crippen LogP) is 2.04. The Morgan fingerprint density at radius 2 is 2.05 bits per heavy atom. The Hall–Kier alpha value is -1.18. The molecule has 2 amide bonds. The van der Waals surface area contributed by atoms with Gasteiger partial charge in [0.1, 0.15) is 5.82 Å². The molecule has 0 atom stereocenters. The number of amides is 2. The summed E-state index contributed by atoms with van der Waals surface area (Å²) in [5, 5.41) is 20.8. The normalized spacial score (nSPS) is 11.3. The van der Waals surface area contributed by atoms with Crippen molar-refractivity contribution in [3.63, 3.8) is 0 Å². The number of carbonyl (C=O) groups excluding carboxylic acids is 1. The minimum Gasteiger partial charge on any atom is -0.396 e. The number of carbonyl (C=O) groups is 1. The Bertz CT molecular complexity index is 481. The molecule has 7 heteroatoms. The molecule has 1 aromatic carbocycles. The molecule has 0 aliphatic heterocycles. The summed E-state index contributed by atoms with van der Waals surface area (Å²) in [5.41, 5.74) is -0.743. The summed E-state index contributed by atoms with van der Waals surface area (Å²) in [6, 6.07) is 3.71. The van der Waals surface area contributed by atoms with E-state index in [1.807, 2.05) is 0 Å². The van der Waals surface area contributed by atoms with E-state index >= 15 is 0 Å². The summed E-state index contributed by atoms with van der Waals surface area (Å²) in [5.74, 6) is -0.540. The van der Waals surface area contributed by atoms with Crippen LogP contribution in [0.4, 0.5) is 14.9 Å². The first kappa shape index (κ1) is 16.9. The van der Waals surface area contributed by atoms with Crippen molar-refractivity contribution in [3.05, 3.63) is 28.5 Å². The van der Waals surface area contributed by atoms with Gasteiger partial charge in [0.15, 0.2) is 0 Å². The van der Waals surface area contributed by atoms with E-state index in [0.717, 1.165) is 0 Å². The van der Waals surface area contributed by atoms with Crippen molar-refractivity contribution in [2.45, 2.75) is 6.92 Å². The molecular formula is C13H18BrFN2O3. The maximum absolute atomic E-state index is 13.5. The van der Waals surface area contributed by atoms with Crippen LogP contribution < -0.4 is 5.32 Å². The third-order valence-electron chi connectivity index (χ3n) is 2.90. The van der Waals surface area contributed by atoms with Gasteiger partial charge in [-0.15, -0.1) is 0 Å². The van der Waals surface area contributed by atoms with E-state index in [0.29, 0.717) is 4.47 Å². The van der Waals surface area contributed by atoms with Crippen LogP contribution in [0.1, 0.15) is 6.92 Å². The lowest BCUT2D eigenvalue weighted by Crippen LogP contribution is -2.43. The molecule has 0 bridgehead atoms. The molecule has 112 valence electrons. The monoisotopic (exact) mass is 348 g/mol. The molecular weight excluding hydrogens is 331 g/mol. The Labute approximate surface area is 125 Å². The summed E-state index contributed by atoms with van der Waals surface area (Å²) in [4.78, 5) is 13.2. The molecule has 0 aromatic heterocycles. The second-order valence-electron chi connectivity index (χ2n) is 5.04. The van der Waals surface area contributed by atoms with Crippen molar-refractivity contribution in [1.82, 2.24) is 4.90 Å². The zero-order valence-electron chi connectivity index (χ0n) is 11.4. The number of aliphatic hydroxyl groups is 2. The van der Waals surface area contributed by atoms with Gasteiger partial charge in [-0.1, -0.05) is 22.9 Å². The fraction of sp³-hybridized carbons (Fsp3) is 0.462. The van der Waals surface area contributed by atoms with Gasteiger partial charge in [-0.25, -0.2) is 9.18 Å². The topological polar surface area (TPSA) is 72.8 Å². The molecule has 0 aliphatic rings. The van der Waals surface area contributed by atoms with E-state index in [-0.39, 0.29) is 25.4 Å². The highest BCUT2D eigenvalue weighted by Crippen LogP contribution is 2.21. The van der Waals surface area contributed by atoms with Crippen molar-refractivity contribution in [1.29, 1.82) is 0 Å². The maximum atomic E-state index is 13.5. The van der Waals surface area contributed by atoms with Gasteiger partial charge in [-0.05, 0) is 18.2 Å². The third-order valence-corrected chi connectivity index (χ3v) is 3.39. The summed E-state index contributed by atoms with van der Waals surface area (Å²) >= 11 is 3.20. The van der Waals surface area contributed by atoms with E-state index < -0.39 is 17.3 Å². The fourth-order valence-electron chi connectivity index (χ4n) is 1.60. The first-order valence-electron chi connectivity index (χ1n) is 6.00. The number of halogens is 2. The molecule has 0 heterocycles. The SMILES string of the molecule is CN(CC(C)(CO)CO)C(=O)Nc1cc(Br)ccc1F. The minimum atomic E-state index is -0.804. The molecule has 0 aliphatic carbocycles. The second-order valence-corrected chi connectivity index (χ2v) is 5.95. The van der Waals surface area contributed by atoms with Gasteiger partial charge in [0.05, 0.1) is 18.9 Å². The molecule has 5 nitrogen and oxygen atoms in total. The lowest BCUT2D eigenvalue weighted by atomic mass is 9.92. The van der Waals surface area contributed by atoms with Crippen LogP contribution in [-0.2, 0) is 0 Å². The highest BCUT2D eigenvalue weighted by atomic mass is 79.9. The molecule has 0 saturated carbocycles. The number of rotatable bonds is 5. The molecule has 0 spiro atoms. The maximum Gasteiger partial charge on any atom is 0.321 e. The van der Waals surface area contributed by atoms with Gasteiger partial charge in [0.2, 0.25) is 0 Å². The highest BCUT2D eigenvalue weighted by Gasteiger charge is 2.26. The van der Waals surface area contributed by atoms with Crippen molar-refractivity contribution in [3.8, 4) is 0 Å². The van der Waals surface area contributed by atoms with Gasteiger partial charge in [-0.2, -0.15) is 0 Å². The standard InChI is InChI=1S/C13H18BrFN2O3/c1-13(7-18,8-19)6-17(2)12(20)16-11-5-9(14)3-4-10(11)15/h3-5,18-19H,6-8H2,1-2H3,(H,16,20). The number of urea groups is 1. The van der Waals surface area contributed by atoms with Crippen LogP contribution in [0.15, 0.2) is 22.7 Å². The summed E-state index contributed by atoms with van der Waals surface area (Å²) in [6.45, 7) is 1.27. The van der Waals surface area contributed by atoms with Crippen molar-refractivity contribution >= 4 is 27.6 Å². The first-order chi connectivity index (χ1) is 9.31. The Morgan fingerprint density at radius 3 is 2.60 bits per heavy atom. The van der Waals surface area contributed by atoms with Crippen LogP contribution in [0.5, 0.6) is 0 Å². The predicted molar refractivity (Wildman–Crippen MR) is 78.0 cm³/mol. The smallest absolute Gasteiger partial charge is 0.321 e. The largest absolute Gasteiger partial charge is 0.396 e. The van der Waals surface area contributed by atoms with E-state index in [4.69, 9.17) is 0 Å². The van der Waals surface area contributed by atoms with Crippen LogP contribution in [0, 0.1) is 11.2 Å². The molecule has 3 N–H and O–H groups in total. The zero-order chi connectivity index (χ0) is 15.3. The second kappa shape index (κ2) is 7.01. The van der Waals surface area contributed by atoms with Gasteiger partial charge < -0.3 is 20.4 Å². The average molecular weight is 349 g/mol. The number of nitrogens with zero attached hydrogens (tertiary/aromatic N) is 1. The molecule has 0 unspecified atom stereocenters. The van der Waals surface area contributed by atoms with Gasteiger partial charge in [0, 0.05) is 23.5 Å². The van der Waals surface area contributed by atoms with Crippen molar-refractivity contribution < 1.29 is 19.4 Å². The minimum absolute atomic E-state index is 0.0610. The van der Waals surface area contributed by atoms with Crippen LogP contribution in [0.3, 0.4) is 0 Å². The van der Waals surface area contributed by atoms with Crippen molar-refractivity contribution in [2.24, 2.45) is 5.41 Å². The van der Waals surface area contributed by atoms with Gasteiger partial charge >= 0.3 is 6.03 Å². The highest BCUT2D eigenvalue weighted by molar-refractivity contribution is 9.10. The van der Waals surface area contributed by atoms with E-state index in [2.05, 4.69) is 21.2 Å². The number of benzene rings is 1. The summed E-state index contributed by atoms with van der Waals surface area (Å²) in [6.07, 6.45) is 0. The van der Waals surface area contributed by atoms with Crippen LogP contribution >= 0.6 is 15.9 Å². The quantitative estimate of drug-likeness (QED) is 0.762. The Morgan fingerprint density at radius 1 is 1.45 bits per heavy atom. The van der Waals surface area contributed by atoms with Gasteiger partial charge in [-0.3, -0.25) is 0 Å². The fourth-order valence-corrected chi connectivity index (χ4v) is 1.96. The molecule has 0 radical (unpaired) electrons. The summed E-state index contributed by atoms with van der Waals surface area (Å²) in [7, 11) is 1.51. The number of aliphatic hydroxyl groups excluding tert-OH is 2. The van der Waals surface area contributed by atoms with Crippen LogP contribution in [0.25, 0.3) is 0 Å². The lowest BCUT2D eigenvalue weighted by Gasteiger charge is -2.30. The van der Waals surface area contributed by atoms with E-state index in [1.54, 1.807) is 6.92 Å². The zero-order valence-corrected chi connectivity index (χ0v) is 12.9. The third kappa shape index (κ3) is 4.43. The summed E-state index contributed by atoms with van der Waals surface area (Å²) < 4.78 is 14.2. The molecule has 1 rings (SSSR count). The number of nitrogens with one attached hydrogen (secondary N) is 1. The number of anilines is 1. The Balaban J connectivity index is 2.73. The van der Waals surface area contributed by atoms with Gasteiger partial charge in [0.25, 0.3) is 0 Å². The van der Waals surface area contributed by atoms with Crippen LogP contribution in [-0.4, -0.2) is 48.0 Å². The number of hydrogen-bond acceptors (Lipinski definition) is 3. The van der Waals surface area contributed by atoms with E-state index in [1.165, 1.54) is 30.1 Å².